The van der Waals surface area contributed by atoms with Crippen molar-refractivity contribution in [2.24, 2.45) is 0 Å². The van der Waals surface area contributed by atoms with Crippen molar-refractivity contribution >= 4 is 23.3 Å². The van der Waals surface area contributed by atoms with Crippen molar-refractivity contribution in [1.82, 2.24) is 9.80 Å². The monoisotopic (exact) mass is 355 g/mol. The van der Waals surface area contributed by atoms with Crippen molar-refractivity contribution in [3.05, 3.63) is 64.7 Å². The molecule has 4 nitrogen and oxygen atoms in total. The summed E-state index contributed by atoms with van der Waals surface area (Å²) in [6.45, 7) is 3.63. The Hall–Kier alpha value is -2.04. The molecule has 4 rings (SSSR count). The Morgan fingerprint density at radius 3 is 2.64 bits per heavy atom. The molecule has 1 atom stereocenters. The van der Waals surface area contributed by atoms with Gasteiger partial charge in [0.15, 0.2) is 0 Å². The molecule has 2 amide bonds. The van der Waals surface area contributed by atoms with Gasteiger partial charge in [0, 0.05) is 32.2 Å². The van der Waals surface area contributed by atoms with Crippen LogP contribution in [0.3, 0.4) is 0 Å². The minimum absolute atomic E-state index is 0.0620. The zero-order valence-electron chi connectivity index (χ0n) is 14.1. The third kappa shape index (κ3) is 3.51. The van der Waals surface area contributed by atoms with Gasteiger partial charge in [0.2, 0.25) is 0 Å². The molecule has 2 aliphatic heterocycles. The number of carbonyl (C=O) groups is 1. The molecule has 130 valence electrons. The first-order chi connectivity index (χ1) is 12.2. The quantitative estimate of drug-likeness (QED) is 0.883. The number of anilines is 1. The van der Waals surface area contributed by atoms with Crippen LogP contribution in [0, 0.1) is 0 Å². The van der Waals surface area contributed by atoms with E-state index in [1.165, 1.54) is 11.1 Å². The van der Waals surface area contributed by atoms with E-state index in [0.717, 1.165) is 39.0 Å². The number of fused-ring (bicyclic) bond motifs is 1. The highest BCUT2D eigenvalue weighted by Gasteiger charge is 2.32. The number of halogens is 1. The first-order valence-corrected chi connectivity index (χ1v) is 9.20. The number of rotatable bonds is 2. The minimum atomic E-state index is -0.0620. The molecule has 5 heteroatoms. The topological polar surface area (TPSA) is 35.6 Å². The molecule has 0 unspecified atom stereocenters. The van der Waals surface area contributed by atoms with Gasteiger partial charge >= 0.3 is 6.03 Å². The van der Waals surface area contributed by atoms with Crippen molar-refractivity contribution in [2.45, 2.75) is 25.4 Å². The number of benzene rings is 2. The molecule has 1 fully saturated rings. The van der Waals surface area contributed by atoms with Crippen molar-refractivity contribution < 1.29 is 4.79 Å². The van der Waals surface area contributed by atoms with Gasteiger partial charge in [0.25, 0.3) is 0 Å². The predicted molar refractivity (Wildman–Crippen MR) is 101 cm³/mol. The zero-order chi connectivity index (χ0) is 17.2. The SMILES string of the molecule is O=C(Nc1ccccc1Cl)N1CC[C@@H](N2CCc3ccccc3C2)C1. The van der Waals surface area contributed by atoms with Gasteiger partial charge in [-0.25, -0.2) is 4.79 Å². The molecule has 0 spiro atoms. The number of nitrogens with zero attached hydrogens (tertiary/aromatic N) is 2. The van der Waals surface area contributed by atoms with Crippen LogP contribution in [0.15, 0.2) is 48.5 Å². The summed E-state index contributed by atoms with van der Waals surface area (Å²) in [5.41, 5.74) is 3.56. The van der Waals surface area contributed by atoms with Crippen molar-refractivity contribution in [3.63, 3.8) is 0 Å². The number of urea groups is 1. The molecule has 2 aromatic carbocycles. The molecule has 0 bridgehead atoms. The maximum absolute atomic E-state index is 12.5. The molecule has 2 aromatic rings. The van der Waals surface area contributed by atoms with Gasteiger partial charge in [-0.05, 0) is 36.1 Å². The zero-order valence-corrected chi connectivity index (χ0v) is 14.9. The number of amides is 2. The lowest BCUT2D eigenvalue weighted by Crippen LogP contribution is -2.42. The summed E-state index contributed by atoms with van der Waals surface area (Å²) in [5, 5.41) is 3.50. The Kier molecular flexibility index (Phi) is 4.64. The van der Waals surface area contributed by atoms with E-state index in [-0.39, 0.29) is 6.03 Å². The van der Waals surface area contributed by atoms with Crippen LogP contribution in [-0.2, 0) is 13.0 Å². The maximum atomic E-state index is 12.5. The van der Waals surface area contributed by atoms with Gasteiger partial charge in [-0.2, -0.15) is 0 Å². The summed E-state index contributed by atoms with van der Waals surface area (Å²) < 4.78 is 0. The van der Waals surface area contributed by atoms with E-state index in [0.29, 0.717) is 16.8 Å². The molecule has 0 aromatic heterocycles. The van der Waals surface area contributed by atoms with Crippen LogP contribution in [-0.4, -0.2) is 41.5 Å². The summed E-state index contributed by atoms with van der Waals surface area (Å²) in [4.78, 5) is 16.9. The number of hydrogen-bond donors (Lipinski definition) is 1. The molecular formula is C20H22ClN3O. The lowest BCUT2D eigenvalue weighted by atomic mass is 9.98. The first kappa shape index (κ1) is 16.4. The second kappa shape index (κ2) is 7.06. The second-order valence-corrected chi connectivity index (χ2v) is 7.19. The molecule has 25 heavy (non-hydrogen) atoms. The maximum Gasteiger partial charge on any atom is 0.321 e. The van der Waals surface area contributed by atoms with Crippen LogP contribution in [0.2, 0.25) is 5.02 Å². The number of hydrogen-bond acceptors (Lipinski definition) is 2. The normalized spacial score (nSPS) is 20.4. The lowest BCUT2D eigenvalue weighted by Gasteiger charge is -2.33. The Bertz CT molecular complexity index is 779. The number of carbonyl (C=O) groups excluding carboxylic acids is 1. The van der Waals surface area contributed by atoms with Gasteiger partial charge < -0.3 is 10.2 Å². The van der Waals surface area contributed by atoms with Crippen LogP contribution >= 0.6 is 11.6 Å². The van der Waals surface area contributed by atoms with Crippen molar-refractivity contribution in [2.75, 3.05) is 25.0 Å². The van der Waals surface area contributed by atoms with Crippen molar-refractivity contribution in [1.29, 1.82) is 0 Å². The molecule has 0 saturated carbocycles. The standard InChI is InChI=1S/C20H22ClN3O/c21-18-7-3-4-8-19(18)22-20(25)24-12-10-17(14-24)23-11-9-15-5-1-2-6-16(15)13-23/h1-8,17H,9-14H2,(H,22,25)/t17-/m1/s1. The molecular weight excluding hydrogens is 334 g/mol. The van der Waals surface area contributed by atoms with Crippen LogP contribution in [0.4, 0.5) is 10.5 Å². The summed E-state index contributed by atoms with van der Waals surface area (Å²) in [6, 6.07) is 16.4. The van der Waals surface area contributed by atoms with Gasteiger partial charge in [0.05, 0.1) is 10.7 Å². The van der Waals surface area contributed by atoms with E-state index in [4.69, 9.17) is 11.6 Å². The highest BCUT2D eigenvalue weighted by Crippen LogP contribution is 2.26. The Balaban J connectivity index is 1.37. The Labute approximate surface area is 153 Å². The third-order valence-corrected chi connectivity index (χ3v) is 5.57. The van der Waals surface area contributed by atoms with Gasteiger partial charge in [-0.15, -0.1) is 0 Å². The highest BCUT2D eigenvalue weighted by atomic mass is 35.5. The summed E-state index contributed by atoms with van der Waals surface area (Å²) in [5.74, 6) is 0. The van der Waals surface area contributed by atoms with Crippen LogP contribution in [0.25, 0.3) is 0 Å². The van der Waals surface area contributed by atoms with E-state index in [1.807, 2.05) is 23.1 Å². The number of para-hydroxylation sites is 1. The molecule has 0 radical (unpaired) electrons. The van der Waals surface area contributed by atoms with Crippen molar-refractivity contribution in [3.8, 4) is 0 Å². The summed E-state index contributed by atoms with van der Waals surface area (Å²) >= 11 is 6.13. The first-order valence-electron chi connectivity index (χ1n) is 8.82. The fourth-order valence-corrected chi connectivity index (χ4v) is 3.99. The lowest BCUT2D eigenvalue weighted by molar-refractivity contribution is 0.177. The van der Waals surface area contributed by atoms with Crippen LogP contribution in [0.5, 0.6) is 0 Å². The Morgan fingerprint density at radius 2 is 1.80 bits per heavy atom. The van der Waals surface area contributed by atoms with Crippen LogP contribution in [0.1, 0.15) is 17.5 Å². The van der Waals surface area contributed by atoms with E-state index >= 15 is 0 Å². The second-order valence-electron chi connectivity index (χ2n) is 6.79. The van der Waals surface area contributed by atoms with E-state index in [2.05, 4.69) is 34.5 Å². The fourth-order valence-electron chi connectivity index (χ4n) is 3.81. The molecule has 1 N–H and O–H groups in total. The predicted octanol–water partition coefficient (Wildman–Crippen LogP) is 4.00. The largest absolute Gasteiger partial charge is 0.323 e. The smallest absolute Gasteiger partial charge is 0.321 e. The number of nitrogens with one attached hydrogen (secondary N) is 1. The van der Waals surface area contributed by atoms with Gasteiger partial charge in [-0.1, -0.05) is 48.0 Å². The molecule has 2 aliphatic rings. The average molecular weight is 356 g/mol. The average Bonchev–Trinajstić information content (AvgIpc) is 3.13. The van der Waals surface area contributed by atoms with Gasteiger partial charge in [0.1, 0.15) is 0 Å². The third-order valence-electron chi connectivity index (χ3n) is 5.24. The number of likely N-dealkylation sites (tertiary alicyclic amines) is 1. The van der Waals surface area contributed by atoms with E-state index in [9.17, 15) is 4.79 Å². The van der Waals surface area contributed by atoms with E-state index in [1.54, 1.807) is 6.07 Å². The highest BCUT2D eigenvalue weighted by molar-refractivity contribution is 6.33. The summed E-state index contributed by atoms with van der Waals surface area (Å²) in [6.07, 6.45) is 2.12. The Morgan fingerprint density at radius 1 is 1.04 bits per heavy atom. The molecule has 2 heterocycles. The van der Waals surface area contributed by atoms with E-state index < -0.39 is 0 Å². The fraction of sp³-hybridized carbons (Fsp3) is 0.350. The minimum Gasteiger partial charge on any atom is -0.323 e. The van der Waals surface area contributed by atoms with Gasteiger partial charge in [-0.3, -0.25) is 4.90 Å². The molecule has 1 saturated heterocycles. The summed E-state index contributed by atoms with van der Waals surface area (Å²) in [7, 11) is 0. The molecule has 0 aliphatic carbocycles. The van der Waals surface area contributed by atoms with Crippen LogP contribution < -0.4 is 5.32 Å².